The van der Waals surface area contributed by atoms with Crippen LogP contribution in [0.4, 0.5) is 11.4 Å². The van der Waals surface area contributed by atoms with E-state index in [0.29, 0.717) is 6.54 Å². The third kappa shape index (κ3) is 5.73. The molecule has 0 spiro atoms. The first-order valence-electron chi connectivity index (χ1n) is 7.72. The van der Waals surface area contributed by atoms with Crippen molar-refractivity contribution in [1.82, 2.24) is 5.43 Å². The molecule has 2 aromatic carbocycles. The number of benzene rings is 2. The summed E-state index contributed by atoms with van der Waals surface area (Å²) >= 11 is 0. The molecule has 0 fully saturated rings. The van der Waals surface area contributed by atoms with E-state index in [1.54, 1.807) is 6.21 Å². The molecule has 0 saturated carbocycles. The van der Waals surface area contributed by atoms with Crippen molar-refractivity contribution in [3.8, 4) is 0 Å². The summed E-state index contributed by atoms with van der Waals surface area (Å²) in [7, 11) is 1.92. The monoisotopic (exact) mass is 326 g/mol. The van der Waals surface area contributed by atoms with Gasteiger partial charge in [0.1, 0.15) is 0 Å². The maximum absolute atomic E-state index is 11.7. The first-order chi connectivity index (χ1) is 11.7. The summed E-state index contributed by atoms with van der Waals surface area (Å²) in [6.07, 6.45) is 1.59. The summed E-state index contributed by atoms with van der Waals surface area (Å²) < 4.78 is 0. The van der Waals surface area contributed by atoms with Gasteiger partial charge < -0.3 is 15.3 Å². The lowest BCUT2D eigenvalue weighted by Gasteiger charge is -2.17. The molecule has 0 aromatic heterocycles. The number of likely N-dealkylation sites (N-methyl/N-ethyl adjacent to an activating group) is 1. The number of nitrogens with one attached hydrogen (secondary N) is 2. The van der Waals surface area contributed by atoms with E-state index < -0.39 is 0 Å². The number of carbonyl (C=O) groups excluding carboxylic acids is 1. The highest BCUT2D eigenvalue weighted by Gasteiger charge is 2.00. The summed E-state index contributed by atoms with van der Waals surface area (Å²) in [5, 5.41) is 15.9. The van der Waals surface area contributed by atoms with E-state index in [9.17, 15) is 4.79 Å². The van der Waals surface area contributed by atoms with Gasteiger partial charge in [0.05, 0.1) is 19.4 Å². The smallest absolute Gasteiger partial charge is 0.259 e. The van der Waals surface area contributed by atoms with Gasteiger partial charge in [0.2, 0.25) is 0 Å². The van der Waals surface area contributed by atoms with Crippen LogP contribution in [-0.4, -0.2) is 44.0 Å². The number of hydrogen-bond acceptors (Lipinski definition) is 5. The number of para-hydroxylation sites is 1. The Hall–Kier alpha value is -2.86. The van der Waals surface area contributed by atoms with Gasteiger partial charge in [-0.15, -0.1) is 0 Å². The highest BCUT2D eigenvalue weighted by Crippen LogP contribution is 2.12. The Morgan fingerprint density at radius 3 is 2.54 bits per heavy atom. The van der Waals surface area contributed by atoms with Crippen LogP contribution in [-0.2, 0) is 4.79 Å². The molecule has 6 heteroatoms. The number of carbonyl (C=O) groups is 1. The Balaban J connectivity index is 1.77. The minimum absolute atomic E-state index is 0.114. The summed E-state index contributed by atoms with van der Waals surface area (Å²) in [5.74, 6) is -0.214. The SMILES string of the molecule is CN(CCO)c1ccc(/C=N\NC(=O)CNc2ccccc2)cc1. The highest BCUT2D eigenvalue weighted by molar-refractivity contribution is 5.84. The Kier molecular flexibility index (Phi) is 6.79. The Morgan fingerprint density at radius 2 is 1.88 bits per heavy atom. The Morgan fingerprint density at radius 1 is 1.17 bits per heavy atom. The van der Waals surface area contributed by atoms with Crippen molar-refractivity contribution in [2.24, 2.45) is 5.10 Å². The average Bonchev–Trinajstić information content (AvgIpc) is 2.61. The molecule has 0 bridgehead atoms. The van der Waals surface area contributed by atoms with Crippen LogP contribution < -0.4 is 15.6 Å². The molecule has 0 aliphatic carbocycles. The van der Waals surface area contributed by atoms with Gasteiger partial charge in [-0.2, -0.15) is 5.10 Å². The van der Waals surface area contributed by atoms with Gasteiger partial charge in [-0.1, -0.05) is 30.3 Å². The van der Waals surface area contributed by atoms with Crippen molar-refractivity contribution < 1.29 is 9.90 Å². The molecule has 2 rings (SSSR count). The van der Waals surface area contributed by atoms with Gasteiger partial charge in [0.25, 0.3) is 5.91 Å². The number of amides is 1. The number of rotatable bonds is 8. The quantitative estimate of drug-likeness (QED) is 0.509. The fourth-order valence-corrected chi connectivity index (χ4v) is 2.05. The van der Waals surface area contributed by atoms with E-state index in [1.807, 2.05) is 66.5 Å². The fraction of sp³-hybridized carbons (Fsp3) is 0.222. The topological polar surface area (TPSA) is 77.0 Å². The van der Waals surface area contributed by atoms with Crippen LogP contribution in [0.25, 0.3) is 0 Å². The molecule has 0 saturated heterocycles. The molecule has 0 heterocycles. The maximum Gasteiger partial charge on any atom is 0.259 e. The van der Waals surface area contributed by atoms with E-state index in [4.69, 9.17) is 5.11 Å². The summed E-state index contributed by atoms with van der Waals surface area (Å²) in [4.78, 5) is 13.7. The van der Waals surface area contributed by atoms with Crippen LogP contribution in [0.2, 0.25) is 0 Å². The van der Waals surface area contributed by atoms with Gasteiger partial charge in [0, 0.05) is 25.0 Å². The molecule has 24 heavy (non-hydrogen) atoms. The third-order valence-electron chi connectivity index (χ3n) is 3.40. The molecule has 1 amide bonds. The summed E-state index contributed by atoms with van der Waals surface area (Å²) in [5.41, 5.74) is 5.27. The second-order valence-electron chi connectivity index (χ2n) is 5.25. The van der Waals surface area contributed by atoms with Crippen LogP contribution in [0, 0.1) is 0 Å². The van der Waals surface area contributed by atoms with Crippen LogP contribution in [0.1, 0.15) is 5.56 Å². The second kappa shape index (κ2) is 9.32. The predicted octanol–water partition coefficient (Wildman–Crippen LogP) is 1.68. The molecule has 0 unspecified atom stereocenters. The van der Waals surface area contributed by atoms with Gasteiger partial charge in [-0.25, -0.2) is 5.43 Å². The normalized spacial score (nSPS) is 10.6. The van der Waals surface area contributed by atoms with Crippen molar-refractivity contribution in [2.45, 2.75) is 0 Å². The van der Waals surface area contributed by atoms with Crippen LogP contribution in [0.15, 0.2) is 59.7 Å². The van der Waals surface area contributed by atoms with Crippen molar-refractivity contribution in [3.63, 3.8) is 0 Å². The molecule has 0 aliphatic rings. The Bertz CT molecular complexity index is 656. The zero-order valence-corrected chi connectivity index (χ0v) is 13.6. The molecule has 126 valence electrons. The maximum atomic E-state index is 11.7. The van der Waals surface area contributed by atoms with Gasteiger partial charge in [0.15, 0.2) is 0 Å². The number of anilines is 2. The summed E-state index contributed by atoms with van der Waals surface area (Å²) in [6, 6.07) is 17.2. The minimum atomic E-state index is -0.214. The van der Waals surface area contributed by atoms with Crippen molar-refractivity contribution in [3.05, 3.63) is 60.2 Å². The first-order valence-corrected chi connectivity index (χ1v) is 7.72. The van der Waals surface area contributed by atoms with Gasteiger partial charge >= 0.3 is 0 Å². The van der Waals surface area contributed by atoms with Crippen LogP contribution in [0.3, 0.4) is 0 Å². The molecule has 0 aliphatic heterocycles. The van der Waals surface area contributed by atoms with Crippen LogP contribution >= 0.6 is 0 Å². The number of hydrogen-bond donors (Lipinski definition) is 3. The lowest BCUT2D eigenvalue weighted by atomic mass is 10.2. The molecular weight excluding hydrogens is 304 g/mol. The largest absolute Gasteiger partial charge is 0.395 e. The second-order valence-corrected chi connectivity index (χ2v) is 5.25. The number of hydrazone groups is 1. The van der Waals surface area contributed by atoms with E-state index in [1.165, 1.54) is 0 Å². The average molecular weight is 326 g/mol. The zero-order valence-electron chi connectivity index (χ0n) is 13.6. The third-order valence-corrected chi connectivity index (χ3v) is 3.40. The molecule has 0 atom stereocenters. The van der Waals surface area contributed by atoms with Crippen molar-refractivity contribution >= 4 is 23.5 Å². The number of aliphatic hydroxyl groups is 1. The van der Waals surface area contributed by atoms with E-state index in [0.717, 1.165) is 16.9 Å². The van der Waals surface area contributed by atoms with Crippen LogP contribution in [0.5, 0.6) is 0 Å². The van der Waals surface area contributed by atoms with E-state index in [-0.39, 0.29) is 19.1 Å². The van der Waals surface area contributed by atoms with Gasteiger partial charge in [-0.05, 0) is 29.8 Å². The first kappa shape index (κ1) is 17.5. The molecule has 6 nitrogen and oxygen atoms in total. The Labute approximate surface area is 141 Å². The van der Waals surface area contributed by atoms with Crippen molar-refractivity contribution in [1.29, 1.82) is 0 Å². The zero-order chi connectivity index (χ0) is 17.2. The lowest BCUT2D eigenvalue weighted by molar-refractivity contribution is -0.119. The highest BCUT2D eigenvalue weighted by atomic mass is 16.3. The molecule has 3 N–H and O–H groups in total. The lowest BCUT2D eigenvalue weighted by Crippen LogP contribution is -2.25. The predicted molar refractivity (Wildman–Crippen MR) is 97.5 cm³/mol. The molecule has 0 radical (unpaired) electrons. The number of nitrogens with zero attached hydrogens (tertiary/aromatic N) is 2. The fourth-order valence-electron chi connectivity index (χ4n) is 2.05. The minimum Gasteiger partial charge on any atom is -0.395 e. The molecular formula is C18H22N4O2. The molecule has 2 aromatic rings. The van der Waals surface area contributed by atoms with E-state index >= 15 is 0 Å². The van der Waals surface area contributed by atoms with E-state index in [2.05, 4.69) is 15.8 Å². The van der Waals surface area contributed by atoms with Gasteiger partial charge in [-0.3, -0.25) is 4.79 Å². The summed E-state index contributed by atoms with van der Waals surface area (Å²) in [6.45, 7) is 0.854. The van der Waals surface area contributed by atoms with Crippen molar-refractivity contribution in [2.75, 3.05) is 37.0 Å². The standard InChI is InChI=1S/C18H22N4O2/c1-22(11-12-23)17-9-7-15(8-10-17)13-20-21-18(24)14-19-16-5-3-2-4-6-16/h2-10,13,19,23H,11-12,14H2,1H3,(H,21,24)/b20-13-. The number of aliphatic hydroxyl groups excluding tert-OH is 1.